The van der Waals surface area contributed by atoms with E-state index in [4.69, 9.17) is 23.7 Å². The number of hydrogen-bond donors (Lipinski definition) is 1. The number of fused-ring (bicyclic) bond motifs is 2. The van der Waals surface area contributed by atoms with E-state index in [1.807, 2.05) is 30.3 Å². The molecule has 0 aliphatic carbocycles. The Hall–Kier alpha value is -1.51. The van der Waals surface area contributed by atoms with Crippen LogP contribution in [0.3, 0.4) is 0 Å². The molecule has 4 rings (SSSR count). The van der Waals surface area contributed by atoms with Gasteiger partial charge in [0.25, 0.3) is 0 Å². The predicted octanol–water partition coefficient (Wildman–Crippen LogP) is 1.34. The standard InChI is InChI=1S/C19H24O7/c1-22-15(20)9-12-7-8-13-17(24-12)16(21)18-14(25-13)10-23-19(26-18)11-5-3-2-4-6-11/h2-6,12-14,16-19,21H,7-10H2,1H3/t12?,13-,14-,16+,17-,18+,19?/m0/s1. The van der Waals surface area contributed by atoms with Crippen molar-refractivity contribution in [2.75, 3.05) is 13.7 Å². The third-order valence-electron chi connectivity index (χ3n) is 5.26. The van der Waals surface area contributed by atoms with Crippen molar-refractivity contribution in [1.29, 1.82) is 0 Å². The van der Waals surface area contributed by atoms with Crippen molar-refractivity contribution in [1.82, 2.24) is 0 Å². The maximum Gasteiger partial charge on any atom is 0.308 e. The van der Waals surface area contributed by atoms with Crippen LogP contribution in [0, 0.1) is 0 Å². The molecule has 1 N–H and O–H groups in total. The highest BCUT2D eigenvalue weighted by Crippen LogP contribution is 2.38. The highest BCUT2D eigenvalue weighted by Gasteiger charge is 2.51. The summed E-state index contributed by atoms with van der Waals surface area (Å²) in [5.41, 5.74) is 0.897. The zero-order valence-electron chi connectivity index (χ0n) is 14.7. The van der Waals surface area contributed by atoms with Crippen LogP contribution < -0.4 is 0 Å². The van der Waals surface area contributed by atoms with Crippen LogP contribution in [0.1, 0.15) is 31.1 Å². The molecular formula is C19H24O7. The number of ether oxygens (including phenoxy) is 5. The highest BCUT2D eigenvalue weighted by atomic mass is 16.7. The number of benzene rings is 1. The summed E-state index contributed by atoms with van der Waals surface area (Å²) in [4.78, 5) is 11.5. The number of methoxy groups -OCH3 is 1. The van der Waals surface area contributed by atoms with Gasteiger partial charge in [0, 0.05) is 5.56 Å². The van der Waals surface area contributed by atoms with Crippen LogP contribution in [-0.4, -0.2) is 61.4 Å². The summed E-state index contributed by atoms with van der Waals surface area (Å²) in [7, 11) is 1.36. The lowest BCUT2D eigenvalue weighted by molar-refractivity contribution is -0.342. The Morgan fingerprint density at radius 3 is 2.65 bits per heavy atom. The molecule has 3 aliphatic heterocycles. The number of hydrogen-bond acceptors (Lipinski definition) is 7. The molecule has 0 spiro atoms. The zero-order chi connectivity index (χ0) is 18.1. The highest BCUT2D eigenvalue weighted by molar-refractivity contribution is 5.69. The third kappa shape index (κ3) is 3.50. The van der Waals surface area contributed by atoms with E-state index in [2.05, 4.69) is 0 Å². The van der Waals surface area contributed by atoms with Gasteiger partial charge in [-0.2, -0.15) is 0 Å². The minimum atomic E-state index is -0.839. The van der Waals surface area contributed by atoms with E-state index in [0.717, 1.165) is 5.56 Å². The number of carbonyl (C=O) groups excluding carboxylic acids is 1. The summed E-state index contributed by atoms with van der Waals surface area (Å²) in [5.74, 6) is -0.316. The Morgan fingerprint density at radius 1 is 1.12 bits per heavy atom. The van der Waals surface area contributed by atoms with Gasteiger partial charge in [-0.1, -0.05) is 30.3 Å². The summed E-state index contributed by atoms with van der Waals surface area (Å²) in [6, 6.07) is 9.61. The van der Waals surface area contributed by atoms with E-state index in [1.165, 1.54) is 7.11 Å². The van der Waals surface area contributed by atoms with Crippen molar-refractivity contribution < 1.29 is 33.6 Å². The molecule has 26 heavy (non-hydrogen) atoms. The molecule has 7 atom stereocenters. The Labute approximate surface area is 152 Å². The molecule has 0 bridgehead atoms. The van der Waals surface area contributed by atoms with Gasteiger partial charge in [0.15, 0.2) is 6.29 Å². The van der Waals surface area contributed by atoms with Crippen molar-refractivity contribution in [2.24, 2.45) is 0 Å². The van der Waals surface area contributed by atoms with Gasteiger partial charge in [-0.05, 0) is 12.8 Å². The molecule has 142 valence electrons. The number of rotatable bonds is 3. The van der Waals surface area contributed by atoms with E-state index in [0.29, 0.717) is 19.4 Å². The van der Waals surface area contributed by atoms with E-state index in [1.54, 1.807) is 0 Å². The average molecular weight is 364 g/mol. The van der Waals surface area contributed by atoms with Crippen LogP contribution in [-0.2, 0) is 28.5 Å². The molecule has 3 aliphatic rings. The second-order valence-corrected chi connectivity index (χ2v) is 6.96. The molecule has 1 aromatic carbocycles. The zero-order valence-corrected chi connectivity index (χ0v) is 14.7. The molecular weight excluding hydrogens is 340 g/mol. The summed E-state index contributed by atoms with van der Waals surface area (Å²) < 4.78 is 28.6. The van der Waals surface area contributed by atoms with E-state index in [9.17, 15) is 9.90 Å². The molecule has 3 fully saturated rings. The number of carbonyl (C=O) groups is 1. The van der Waals surface area contributed by atoms with Gasteiger partial charge in [-0.3, -0.25) is 4.79 Å². The molecule has 1 aromatic rings. The molecule has 3 saturated heterocycles. The first-order valence-electron chi connectivity index (χ1n) is 9.03. The Morgan fingerprint density at radius 2 is 1.88 bits per heavy atom. The lowest BCUT2D eigenvalue weighted by atomic mass is 9.88. The minimum Gasteiger partial charge on any atom is -0.469 e. The van der Waals surface area contributed by atoms with E-state index in [-0.39, 0.29) is 30.7 Å². The smallest absolute Gasteiger partial charge is 0.308 e. The fraction of sp³-hybridized carbons (Fsp3) is 0.632. The lowest BCUT2D eigenvalue weighted by Gasteiger charge is -2.50. The third-order valence-corrected chi connectivity index (χ3v) is 5.26. The minimum absolute atomic E-state index is 0.178. The SMILES string of the molecule is COC(=O)CC1CC[C@@H]2O[C@H]3COC(c4ccccc4)O[C@H]3[C@H](O)[C@H]2O1. The van der Waals surface area contributed by atoms with Crippen LogP contribution in [0.2, 0.25) is 0 Å². The summed E-state index contributed by atoms with van der Waals surface area (Å²) in [6.07, 6.45) is -1.67. The first-order chi connectivity index (χ1) is 12.7. The normalized spacial score (nSPS) is 39.5. The van der Waals surface area contributed by atoms with Gasteiger partial charge in [0.1, 0.15) is 24.4 Å². The molecule has 2 unspecified atom stereocenters. The number of esters is 1. The van der Waals surface area contributed by atoms with Crippen LogP contribution in [0.15, 0.2) is 30.3 Å². The van der Waals surface area contributed by atoms with Crippen LogP contribution in [0.5, 0.6) is 0 Å². The molecule has 0 aromatic heterocycles. The van der Waals surface area contributed by atoms with Gasteiger partial charge in [-0.25, -0.2) is 0 Å². The van der Waals surface area contributed by atoms with Crippen molar-refractivity contribution in [3.8, 4) is 0 Å². The summed E-state index contributed by atoms with van der Waals surface area (Å²) in [6.45, 7) is 0.357. The quantitative estimate of drug-likeness (QED) is 0.811. The molecule has 0 radical (unpaired) electrons. The second-order valence-electron chi connectivity index (χ2n) is 6.96. The first-order valence-corrected chi connectivity index (χ1v) is 9.03. The van der Waals surface area contributed by atoms with Crippen molar-refractivity contribution in [3.05, 3.63) is 35.9 Å². The monoisotopic (exact) mass is 364 g/mol. The maximum absolute atomic E-state index is 11.5. The van der Waals surface area contributed by atoms with E-state index >= 15 is 0 Å². The van der Waals surface area contributed by atoms with Crippen molar-refractivity contribution in [2.45, 2.75) is 62.2 Å². The molecule has 0 amide bonds. The summed E-state index contributed by atoms with van der Waals surface area (Å²) >= 11 is 0. The maximum atomic E-state index is 11.5. The Balaban J connectivity index is 1.44. The van der Waals surface area contributed by atoms with Gasteiger partial charge < -0.3 is 28.8 Å². The van der Waals surface area contributed by atoms with Crippen LogP contribution in [0.25, 0.3) is 0 Å². The second kappa shape index (κ2) is 7.62. The number of aliphatic hydroxyl groups excluding tert-OH is 1. The average Bonchev–Trinajstić information content (AvgIpc) is 2.69. The summed E-state index contributed by atoms with van der Waals surface area (Å²) in [5, 5.41) is 10.9. The fourth-order valence-corrected chi connectivity index (χ4v) is 3.92. The van der Waals surface area contributed by atoms with E-state index < -0.39 is 24.6 Å². The van der Waals surface area contributed by atoms with Crippen molar-refractivity contribution in [3.63, 3.8) is 0 Å². The van der Waals surface area contributed by atoms with Crippen LogP contribution in [0.4, 0.5) is 0 Å². The molecule has 3 heterocycles. The molecule has 0 saturated carbocycles. The molecule has 7 heteroatoms. The van der Waals surface area contributed by atoms with Gasteiger partial charge in [-0.15, -0.1) is 0 Å². The largest absolute Gasteiger partial charge is 0.469 e. The Bertz CT molecular complexity index is 622. The van der Waals surface area contributed by atoms with Crippen molar-refractivity contribution >= 4 is 5.97 Å². The van der Waals surface area contributed by atoms with Gasteiger partial charge in [0.05, 0.1) is 32.3 Å². The van der Waals surface area contributed by atoms with Gasteiger partial charge >= 0.3 is 5.97 Å². The fourth-order valence-electron chi connectivity index (χ4n) is 3.92. The Kier molecular flexibility index (Phi) is 5.24. The first kappa shape index (κ1) is 17.9. The van der Waals surface area contributed by atoms with Gasteiger partial charge in [0.2, 0.25) is 0 Å². The number of aliphatic hydroxyl groups is 1. The predicted molar refractivity (Wildman–Crippen MR) is 89.2 cm³/mol. The lowest BCUT2D eigenvalue weighted by Crippen LogP contribution is -2.64. The molecule has 7 nitrogen and oxygen atoms in total. The van der Waals surface area contributed by atoms with Crippen LogP contribution >= 0.6 is 0 Å². The topological polar surface area (TPSA) is 83.5 Å².